The molecular weight excluding hydrogens is 199 g/mol. The normalized spacial score (nSPS) is 14.5. The van der Waals surface area contributed by atoms with Crippen molar-refractivity contribution in [1.29, 1.82) is 0 Å². The van der Waals surface area contributed by atoms with Crippen molar-refractivity contribution in [3.8, 4) is 0 Å². The number of alkyl halides is 5. The number of aliphatic hydroxyl groups excluding tert-OH is 1. The van der Waals surface area contributed by atoms with Crippen molar-refractivity contribution in [3.63, 3.8) is 0 Å². The maximum atomic E-state index is 11.0. The molecule has 0 heterocycles. The quantitative estimate of drug-likeness (QED) is 0.649. The summed E-state index contributed by atoms with van der Waals surface area (Å²) in [6.45, 7) is 1.89. The molecule has 0 spiro atoms. The Bertz CT molecular complexity index is 126. The Labute approximate surface area is 72.0 Å². The third-order valence-corrected chi connectivity index (χ3v) is 0.899. The number of hydrogen-bond acceptors (Lipinski definition) is 2. The molecule has 2 N–H and O–H groups in total. The summed E-state index contributed by atoms with van der Waals surface area (Å²) < 4.78 is 54.8. The zero-order valence-electron chi connectivity index (χ0n) is 7.07. The van der Waals surface area contributed by atoms with Crippen LogP contribution in [0.5, 0.6) is 0 Å². The summed E-state index contributed by atoms with van der Waals surface area (Å²) in [5.74, 6) is 0. The van der Waals surface area contributed by atoms with Gasteiger partial charge in [-0.25, -0.2) is 0 Å². The van der Waals surface area contributed by atoms with Gasteiger partial charge in [0.15, 0.2) is 0 Å². The topological polar surface area (TPSA) is 40.5 Å². The van der Waals surface area contributed by atoms with Crippen LogP contribution in [0.2, 0.25) is 0 Å². The van der Waals surface area contributed by atoms with Crippen LogP contribution in [0.25, 0.3) is 0 Å². The van der Waals surface area contributed by atoms with E-state index < -0.39 is 24.8 Å². The highest BCUT2D eigenvalue weighted by Crippen LogP contribution is 2.18. The number of halogens is 5. The molecule has 0 saturated carbocycles. The lowest BCUT2D eigenvalue weighted by Gasteiger charge is -2.06. The molecule has 2 nitrogen and oxygen atoms in total. The van der Waals surface area contributed by atoms with E-state index in [9.17, 15) is 22.0 Å². The van der Waals surface area contributed by atoms with Crippen LogP contribution in [-0.4, -0.2) is 28.6 Å². The van der Waals surface area contributed by atoms with Crippen molar-refractivity contribution < 1.29 is 32.2 Å². The third kappa shape index (κ3) is 14.4. The van der Waals surface area contributed by atoms with E-state index in [4.69, 9.17) is 10.2 Å². The fraction of sp³-hybridized carbons (Fsp3) is 1.00. The van der Waals surface area contributed by atoms with Crippen molar-refractivity contribution in [3.05, 3.63) is 0 Å². The summed E-state index contributed by atoms with van der Waals surface area (Å²) in [6.07, 6.45) is -10.6. The van der Waals surface area contributed by atoms with Gasteiger partial charge in [0, 0.05) is 6.42 Å². The van der Waals surface area contributed by atoms with Crippen LogP contribution >= 0.6 is 0 Å². The van der Waals surface area contributed by atoms with Gasteiger partial charge >= 0.3 is 12.3 Å². The maximum absolute atomic E-state index is 11.0. The number of aliphatic hydroxyl groups is 2. The van der Waals surface area contributed by atoms with Crippen LogP contribution in [0, 0.1) is 0 Å². The molecular formula is C6H11F5O2. The van der Waals surface area contributed by atoms with Crippen LogP contribution in [0.4, 0.5) is 22.0 Å². The van der Waals surface area contributed by atoms with E-state index in [0.717, 1.165) is 0 Å². The van der Waals surface area contributed by atoms with E-state index >= 15 is 0 Å². The number of rotatable bonds is 1. The minimum absolute atomic E-state index is 0.507. The first-order chi connectivity index (χ1) is 5.50. The first kappa shape index (κ1) is 15.1. The van der Waals surface area contributed by atoms with E-state index in [1.807, 2.05) is 0 Å². The molecule has 1 unspecified atom stereocenters. The third-order valence-electron chi connectivity index (χ3n) is 0.899. The molecule has 0 aromatic carbocycles. The predicted octanol–water partition coefficient (Wildman–Crippen LogP) is 1.91. The molecule has 13 heavy (non-hydrogen) atoms. The van der Waals surface area contributed by atoms with Gasteiger partial charge in [-0.1, -0.05) is 6.92 Å². The molecule has 0 amide bonds. The van der Waals surface area contributed by atoms with Gasteiger partial charge in [-0.3, -0.25) is 0 Å². The minimum Gasteiger partial charge on any atom is -0.384 e. The van der Waals surface area contributed by atoms with E-state index in [1.54, 1.807) is 0 Å². The Balaban J connectivity index is 0. The molecule has 0 aliphatic heterocycles. The highest BCUT2D eigenvalue weighted by Gasteiger charge is 2.33. The first-order valence-electron chi connectivity index (χ1n) is 3.35. The summed E-state index contributed by atoms with van der Waals surface area (Å²) >= 11 is 0. The minimum atomic E-state index is -4.44. The second-order valence-electron chi connectivity index (χ2n) is 2.24. The Hall–Kier alpha value is -0.430. The highest BCUT2D eigenvalue weighted by atomic mass is 19.4. The molecule has 7 heteroatoms. The molecule has 0 aromatic rings. The van der Waals surface area contributed by atoms with Gasteiger partial charge in [-0.05, 0) is 6.92 Å². The van der Waals surface area contributed by atoms with Crippen LogP contribution < -0.4 is 0 Å². The van der Waals surface area contributed by atoms with Crippen molar-refractivity contribution in [2.24, 2.45) is 0 Å². The van der Waals surface area contributed by atoms with Gasteiger partial charge in [0.05, 0.1) is 0 Å². The molecule has 0 aromatic heterocycles. The predicted molar refractivity (Wildman–Crippen MR) is 35.2 cm³/mol. The highest BCUT2D eigenvalue weighted by molar-refractivity contribution is 4.55. The molecule has 1 atom stereocenters. The fourth-order valence-electron chi connectivity index (χ4n) is 0. The lowest BCUT2D eigenvalue weighted by Crippen LogP contribution is -2.24. The van der Waals surface area contributed by atoms with Crippen molar-refractivity contribution in [2.45, 2.75) is 38.7 Å². The molecule has 0 saturated heterocycles. The Kier molecular flexibility index (Phi) is 6.18. The van der Waals surface area contributed by atoms with Crippen LogP contribution in [-0.2, 0) is 0 Å². The van der Waals surface area contributed by atoms with Crippen molar-refractivity contribution in [2.75, 3.05) is 0 Å². The summed E-state index contributed by atoms with van der Waals surface area (Å²) in [5.41, 5.74) is 0. The van der Waals surface area contributed by atoms with Crippen LogP contribution in [0.3, 0.4) is 0 Å². The van der Waals surface area contributed by atoms with Crippen molar-refractivity contribution in [1.82, 2.24) is 0 Å². The monoisotopic (exact) mass is 210 g/mol. The Morgan fingerprint density at radius 2 is 1.31 bits per heavy atom. The van der Waals surface area contributed by atoms with Crippen LogP contribution in [0.1, 0.15) is 20.3 Å². The first-order valence-corrected chi connectivity index (χ1v) is 3.35. The molecule has 82 valence electrons. The zero-order valence-corrected chi connectivity index (χ0v) is 7.07. The summed E-state index contributed by atoms with van der Waals surface area (Å²) in [6, 6.07) is 0. The van der Waals surface area contributed by atoms with E-state index in [0.29, 0.717) is 6.92 Å². The van der Waals surface area contributed by atoms with Gasteiger partial charge in [-0.15, -0.1) is 0 Å². The average molecular weight is 210 g/mol. The summed E-state index contributed by atoms with van der Waals surface area (Å²) in [4.78, 5) is 0. The molecule has 0 radical (unpaired) electrons. The smallest absolute Gasteiger partial charge is 0.384 e. The molecule has 0 bridgehead atoms. The zero-order chi connectivity index (χ0) is 11.3. The maximum Gasteiger partial charge on any atom is 0.414 e. The second-order valence-corrected chi connectivity index (χ2v) is 2.24. The lowest BCUT2D eigenvalue weighted by molar-refractivity contribution is -0.199. The summed E-state index contributed by atoms with van der Waals surface area (Å²) in [7, 11) is 0. The lowest BCUT2D eigenvalue weighted by atomic mass is 10.4. The number of hydrogen-bond donors (Lipinski definition) is 2. The van der Waals surface area contributed by atoms with E-state index in [1.165, 1.54) is 6.92 Å². The molecule has 0 aliphatic carbocycles. The molecule has 0 aliphatic rings. The van der Waals surface area contributed by atoms with Gasteiger partial charge in [0.1, 0.15) is 6.10 Å². The largest absolute Gasteiger partial charge is 0.414 e. The van der Waals surface area contributed by atoms with Gasteiger partial charge < -0.3 is 10.2 Å². The SMILES string of the molecule is CC(O)C(F)(F)F.CCC(O)(F)F. The van der Waals surface area contributed by atoms with E-state index in [2.05, 4.69) is 0 Å². The standard InChI is InChI=1S/C3H5F3O.C3H6F2O/c1-2(7)3(4,5)6;1-2-3(4,5)6/h2,7H,1H3;6H,2H2,1H3. The second kappa shape index (κ2) is 5.33. The van der Waals surface area contributed by atoms with Gasteiger partial charge in [0.2, 0.25) is 0 Å². The fourth-order valence-corrected chi connectivity index (χ4v) is 0. The summed E-state index contributed by atoms with van der Waals surface area (Å²) in [5, 5.41) is 15.3. The van der Waals surface area contributed by atoms with Gasteiger partial charge in [0.25, 0.3) is 0 Å². The van der Waals surface area contributed by atoms with Crippen molar-refractivity contribution >= 4 is 0 Å². The van der Waals surface area contributed by atoms with Crippen LogP contribution in [0.15, 0.2) is 0 Å². The Morgan fingerprint density at radius 1 is 1.15 bits per heavy atom. The Morgan fingerprint density at radius 3 is 1.31 bits per heavy atom. The molecule has 0 fully saturated rings. The van der Waals surface area contributed by atoms with Gasteiger partial charge in [-0.2, -0.15) is 22.0 Å². The molecule has 0 rings (SSSR count). The van der Waals surface area contributed by atoms with E-state index in [-0.39, 0.29) is 0 Å². The average Bonchev–Trinajstić information content (AvgIpc) is 1.85.